The van der Waals surface area contributed by atoms with E-state index in [9.17, 15) is 9.90 Å². The van der Waals surface area contributed by atoms with Gasteiger partial charge in [0.2, 0.25) is 0 Å². The van der Waals surface area contributed by atoms with Crippen molar-refractivity contribution in [2.75, 3.05) is 12.3 Å². The van der Waals surface area contributed by atoms with Crippen molar-refractivity contribution in [2.24, 2.45) is 0 Å². The lowest BCUT2D eigenvalue weighted by molar-refractivity contribution is -0.134. The summed E-state index contributed by atoms with van der Waals surface area (Å²) in [5, 5.41) is 13.2. The molecule has 1 atom stereocenters. The standard InChI is InChI=1S/C16H26N2O3.ClH/c1-4-5-6-16(20)21-15-8-7-12(9-13(15)17)14(19)10-18-11(2)3;/h7-9,11,14,18-19H,4-6,10,17H2,1-3H3;1H. The summed E-state index contributed by atoms with van der Waals surface area (Å²) < 4.78 is 5.22. The molecule has 22 heavy (non-hydrogen) atoms. The summed E-state index contributed by atoms with van der Waals surface area (Å²) in [5.41, 5.74) is 6.95. The maximum atomic E-state index is 11.6. The topological polar surface area (TPSA) is 84.6 Å². The van der Waals surface area contributed by atoms with Gasteiger partial charge in [-0.05, 0) is 24.1 Å². The van der Waals surface area contributed by atoms with E-state index in [2.05, 4.69) is 5.32 Å². The molecule has 1 aromatic rings. The zero-order chi connectivity index (χ0) is 15.8. The molecule has 0 radical (unpaired) electrons. The van der Waals surface area contributed by atoms with Gasteiger partial charge in [0, 0.05) is 19.0 Å². The van der Waals surface area contributed by atoms with Crippen LogP contribution in [0.1, 0.15) is 51.7 Å². The lowest BCUT2D eigenvalue weighted by Crippen LogP contribution is -2.27. The van der Waals surface area contributed by atoms with E-state index >= 15 is 0 Å². The predicted molar refractivity (Wildman–Crippen MR) is 91.4 cm³/mol. The fourth-order valence-electron chi connectivity index (χ4n) is 1.83. The van der Waals surface area contributed by atoms with Crippen LogP contribution in [0.15, 0.2) is 18.2 Å². The number of nitrogens with one attached hydrogen (secondary N) is 1. The minimum absolute atomic E-state index is 0. The van der Waals surface area contributed by atoms with E-state index in [0.29, 0.717) is 36.0 Å². The van der Waals surface area contributed by atoms with E-state index in [1.165, 1.54) is 0 Å². The lowest BCUT2D eigenvalue weighted by atomic mass is 10.1. The van der Waals surface area contributed by atoms with Gasteiger partial charge in [0.25, 0.3) is 0 Å². The summed E-state index contributed by atoms with van der Waals surface area (Å²) in [6.07, 6.45) is 1.49. The first-order valence-electron chi connectivity index (χ1n) is 7.45. The van der Waals surface area contributed by atoms with Crippen LogP contribution in [0, 0.1) is 0 Å². The number of halogens is 1. The van der Waals surface area contributed by atoms with Crippen molar-refractivity contribution in [1.82, 2.24) is 5.32 Å². The number of carbonyl (C=O) groups is 1. The maximum Gasteiger partial charge on any atom is 0.311 e. The Kier molecular flexibility index (Phi) is 9.81. The van der Waals surface area contributed by atoms with Crippen LogP contribution >= 0.6 is 12.4 Å². The smallest absolute Gasteiger partial charge is 0.311 e. The van der Waals surface area contributed by atoms with E-state index < -0.39 is 6.10 Å². The number of aliphatic hydroxyl groups excluding tert-OH is 1. The van der Waals surface area contributed by atoms with Crippen LogP contribution in [0.3, 0.4) is 0 Å². The number of unbranched alkanes of at least 4 members (excludes halogenated alkanes) is 1. The second-order valence-corrected chi connectivity index (χ2v) is 5.45. The van der Waals surface area contributed by atoms with Crippen molar-refractivity contribution in [3.63, 3.8) is 0 Å². The van der Waals surface area contributed by atoms with Gasteiger partial charge in [-0.3, -0.25) is 4.79 Å². The predicted octanol–water partition coefficient (Wildman–Crippen LogP) is 2.82. The number of anilines is 1. The molecule has 1 aromatic carbocycles. The van der Waals surface area contributed by atoms with E-state index in [1.54, 1.807) is 18.2 Å². The molecule has 126 valence electrons. The third-order valence-corrected chi connectivity index (χ3v) is 3.10. The van der Waals surface area contributed by atoms with Gasteiger partial charge < -0.3 is 20.9 Å². The minimum Gasteiger partial charge on any atom is -0.424 e. The first-order chi connectivity index (χ1) is 9.93. The Morgan fingerprint density at radius 3 is 2.64 bits per heavy atom. The van der Waals surface area contributed by atoms with Gasteiger partial charge in [-0.1, -0.05) is 33.3 Å². The highest BCUT2D eigenvalue weighted by molar-refractivity contribution is 5.85. The fourth-order valence-corrected chi connectivity index (χ4v) is 1.83. The number of nitrogen functional groups attached to an aromatic ring is 1. The molecular weight excluding hydrogens is 304 g/mol. The van der Waals surface area contributed by atoms with Gasteiger partial charge in [-0.25, -0.2) is 0 Å². The molecule has 0 heterocycles. The average molecular weight is 331 g/mol. The zero-order valence-electron chi connectivity index (χ0n) is 13.5. The largest absolute Gasteiger partial charge is 0.424 e. The summed E-state index contributed by atoms with van der Waals surface area (Å²) in [5.74, 6) is 0.0715. The van der Waals surface area contributed by atoms with Gasteiger partial charge >= 0.3 is 5.97 Å². The Labute approximate surface area is 138 Å². The van der Waals surface area contributed by atoms with Crippen LogP contribution < -0.4 is 15.8 Å². The van der Waals surface area contributed by atoms with Crippen LogP contribution in [0.2, 0.25) is 0 Å². The molecule has 4 N–H and O–H groups in total. The average Bonchev–Trinajstić information content (AvgIpc) is 2.44. The molecule has 0 aliphatic heterocycles. The zero-order valence-corrected chi connectivity index (χ0v) is 14.3. The van der Waals surface area contributed by atoms with Gasteiger partial charge in [0.05, 0.1) is 11.8 Å². The Morgan fingerprint density at radius 2 is 2.09 bits per heavy atom. The van der Waals surface area contributed by atoms with Gasteiger partial charge in [-0.15, -0.1) is 12.4 Å². The Hall–Kier alpha value is -1.30. The van der Waals surface area contributed by atoms with Gasteiger partial charge in [0.15, 0.2) is 5.75 Å². The molecule has 0 fully saturated rings. The minimum atomic E-state index is -0.639. The highest BCUT2D eigenvalue weighted by Gasteiger charge is 2.12. The van der Waals surface area contributed by atoms with Crippen LogP contribution in [0.4, 0.5) is 5.69 Å². The highest BCUT2D eigenvalue weighted by Crippen LogP contribution is 2.26. The number of aliphatic hydroxyl groups is 1. The quantitative estimate of drug-likeness (QED) is 0.388. The van der Waals surface area contributed by atoms with Crippen LogP contribution in [0.25, 0.3) is 0 Å². The van der Waals surface area contributed by atoms with Crippen molar-refractivity contribution in [3.05, 3.63) is 23.8 Å². The molecule has 0 saturated heterocycles. The number of hydrogen-bond donors (Lipinski definition) is 3. The maximum absolute atomic E-state index is 11.6. The molecule has 1 rings (SSSR count). The number of rotatable bonds is 8. The second kappa shape index (κ2) is 10.4. The van der Waals surface area contributed by atoms with Gasteiger partial charge in [0.1, 0.15) is 0 Å². The highest BCUT2D eigenvalue weighted by atomic mass is 35.5. The number of esters is 1. The van der Waals surface area contributed by atoms with E-state index in [1.807, 2.05) is 20.8 Å². The van der Waals surface area contributed by atoms with E-state index in [-0.39, 0.29) is 18.4 Å². The summed E-state index contributed by atoms with van der Waals surface area (Å²) in [4.78, 5) is 11.6. The van der Waals surface area contributed by atoms with Crippen LogP contribution in [-0.4, -0.2) is 23.7 Å². The molecule has 0 aromatic heterocycles. The molecule has 0 aliphatic rings. The van der Waals surface area contributed by atoms with E-state index in [4.69, 9.17) is 10.5 Å². The fraction of sp³-hybridized carbons (Fsp3) is 0.562. The molecule has 6 heteroatoms. The number of benzene rings is 1. The monoisotopic (exact) mass is 330 g/mol. The number of hydrogen-bond acceptors (Lipinski definition) is 5. The Bertz CT molecular complexity index is 467. The van der Waals surface area contributed by atoms with Crippen molar-refractivity contribution < 1.29 is 14.6 Å². The van der Waals surface area contributed by atoms with Crippen molar-refractivity contribution >= 4 is 24.1 Å². The SMILES string of the molecule is CCCCC(=O)Oc1ccc(C(O)CNC(C)C)cc1N.Cl. The number of carbonyl (C=O) groups excluding carboxylic acids is 1. The first-order valence-corrected chi connectivity index (χ1v) is 7.45. The molecule has 0 spiro atoms. The Balaban J connectivity index is 0.00000441. The summed E-state index contributed by atoms with van der Waals surface area (Å²) in [7, 11) is 0. The van der Waals surface area contributed by atoms with Crippen LogP contribution in [0.5, 0.6) is 5.75 Å². The summed E-state index contributed by atoms with van der Waals surface area (Å²) in [6.45, 7) is 6.50. The van der Waals surface area contributed by atoms with Crippen molar-refractivity contribution in [3.8, 4) is 5.75 Å². The molecule has 0 aliphatic carbocycles. The molecule has 1 unspecified atom stereocenters. The molecule has 0 bridgehead atoms. The summed E-state index contributed by atoms with van der Waals surface area (Å²) in [6, 6.07) is 5.31. The number of ether oxygens (including phenoxy) is 1. The number of nitrogens with two attached hydrogens (primary N) is 1. The summed E-state index contributed by atoms with van der Waals surface area (Å²) >= 11 is 0. The molecule has 5 nitrogen and oxygen atoms in total. The second-order valence-electron chi connectivity index (χ2n) is 5.45. The molecular formula is C16H27ClN2O3. The third-order valence-electron chi connectivity index (χ3n) is 3.10. The van der Waals surface area contributed by atoms with Gasteiger partial charge in [-0.2, -0.15) is 0 Å². The molecule has 0 saturated carbocycles. The van der Waals surface area contributed by atoms with Crippen molar-refractivity contribution in [1.29, 1.82) is 0 Å². The lowest BCUT2D eigenvalue weighted by Gasteiger charge is -2.16. The van der Waals surface area contributed by atoms with E-state index in [0.717, 1.165) is 12.8 Å². The first kappa shape index (κ1) is 20.7. The molecule has 0 amide bonds. The Morgan fingerprint density at radius 1 is 1.41 bits per heavy atom. The third kappa shape index (κ3) is 7.11. The van der Waals surface area contributed by atoms with Crippen molar-refractivity contribution in [2.45, 2.75) is 52.2 Å². The van der Waals surface area contributed by atoms with Crippen LogP contribution in [-0.2, 0) is 4.79 Å². The normalized spacial score (nSPS) is 11.9.